The van der Waals surface area contributed by atoms with Gasteiger partial charge in [0.15, 0.2) is 0 Å². The SMILES string of the molecule is Nc1cc(C(=O)N2CCCC(N3CCN(c4ccc(F)cc4)CC3)C2)[nH]n1. The van der Waals surface area contributed by atoms with Crippen LogP contribution in [-0.4, -0.2) is 71.2 Å². The Morgan fingerprint density at radius 3 is 2.56 bits per heavy atom. The number of aromatic nitrogens is 2. The van der Waals surface area contributed by atoms with Crippen LogP contribution in [0.4, 0.5) is 15.9 Å². The molecule has 2 aliphatic heterocycles. The number of benzene rings is 1. The van der Waals surface area contributed by atoms with Crippen molar-refractivity contribution < 1.29 is 9.18 Å². The molecule has 1 aromatic carbocycles. The summed E-state index contributed by atoms with van der Waals surface area (Å²) in [6.07, 6.45) is 2.10. The fraction of sp³-hybridized carbons (Fsp3) is 0.474. The van der Waals surface area contributed by atoms with Gasteiger partial charge in [-0.1, -0.05) is 0 Å². The van der Waals surface area contributed by atoms with Crippen LogP contribution in [-0.2, 0) is 0 Å². The summed E-state index contributed by atoms with van der Waals surface area (Å²) in [5.74, 6) is 0.0982. The number of nitrogens with one attached hydrogen (secondary N) is 1. The third kappa shape index (κ3) is 3.90. The Morgan fingerprint density at radius 2 is 1.89 bits per heavy atom. The number of nitrogens with zero attached hydrogens (tertiary/aromatic N) is 4. The summed E-state index contributed by atoms with van der Waals surface area (Å²) in [7, 11) is 0. The van der Waals surface area contributed by atoms with E-state index in [-0.39, 0.29) is 11.7 Å². The summed E-state index contributed by atoms with van der Waals surface area (Å²) < 4.78 is 13.1. The molecule has 2 aromatic rings. The molecule has 1 atom stereocenters. The van der Waals surface area contributed by atoms with Gasteiger partial charge in [-0.2, -0.15) is 5.10 Å². The lowest BCUT2D eigenvalue weighted by molar-refractivity contribution is 0.0558. The van der Waals surface area contributed by atoms with Gasteiger partial charge in [0.1, 0.15) is 17.3 Å². The van der Waals surface area contributed by atoms with Crippen molar-refractivity contribution in [3.05, 3.63) is 41.8 Å². The maximum absolute atomic E-state index is 13.1. The van der Waals surface area contributed by atoms with Crippen LogP contribution in [0.25, 0.3) is 0 Å². The van der Waals surface area contributed by atoms with Gasteiger partial charge in [-0.25, -0.2) is 4.39 Å². The van der Waals surface area contributed by atoms with Gasteiger partial charge in [-0.05, 0) is 37.1 Å². The average Bonchev–Trinajstić information content (AvgIpc) is 3.14. The van der Waals surface area contributed by atoms with Crippen LogP contribution < -0.4 is 10.6 Å². The Hall–Kier alpha value is -2.61. The summed E-state index contributed by atoms with van der Waals surface area (Å²) in [5, 5.41) is 6.56. The second-order valence-corrected chi connectivity index (χ2v) is 7.25. The first kappa shape index (κ1) is 17.8. The number of hydrogen-bond acceptors (Lipinski definition) is 5. The van der Waals surface area contributed by atoms with E-state index in [4.69, 9.17) is 5.73 Å². The van der Waals surface area contributed by atoms with Crippen LogP contribution in [0.1, 0.15) is 23.3 Å². The molecule has 7 nitrogen and oxygen atoms in total. The van der Waals surface area contributed by atoms with Crippen LogP contribution in [0.3, 0.4) is 0 Å². The zero-order valence-corrected chi connectivity index (χ0v) is 15.3. The predicted octanol–water partition coefficient (Wildman–Crippen LogP) is 1.56. The van der Waals surface area contributed by atoms with E-state index in [0.29, 0.717) is 17.6 Å². The van der Waals surface area contributed by atoms with Crippen molar-refractivity contribution in [2.45, 2.75) is 18.9 Å². The van der Waals surface area contributed by atoms with Crippen LogP contribution in [0, 0.1) is 5.82 Å². The Labute approximate surface area is 157 Å². The number of anilines is 2. The number of halogens is 1. The molecular weight excluding hydrogens is 347 g/mol. The van der Waals surface area contributed by atoms with Gasteiger partial charge in [0.05, 0.1) is 0 Å². The van der Waals surface area contributed by atoms with Crippen molar-refractivity contribution >= 4 is 17.4 Å². The summed E-state index contributed by atoms with van der Waals surface area (Å²) in [6, 6.07) is 8.65. The Bertz CT molecular complexity index is 784. The number of amides is 1. The Morgan fingerprint density at radius 1 is 1.15 bits per heavy atom. The number of carbonyl (C=O) groups is 1. The Kier molecular flexibility index (Phi) is 4.98. The minimum absolute atomic E-state index is 0.0335. The van der Waals surface area contributed by atoms with Crippen molar-refractivity contribution in [2.24, 2.45) is 0 Å². The first-order chi connectivity index (χ1) is 13.1. The average molecular weight is 372 g/mol. The number of likely N-dealkylation sites (tertiary alicyclic amines) is 1. The first-order valence-electron chi connectivity index (χ1n) is 9.45. The molecule has 144 valence electrons. The molecular formula is C19H25FN6O. The molecule has 2 saturated heterocycles. The summed E-state index contributed by atoms with van der Waals surface area (Å²) in [6.45, 7) is 5.21. The molecule has 0 bridgehead atoms. The molecule has 0 radical (unpaired) electrons. The third-order valence-corrected chi connectivity index (χ3v) is 5.53. The molecule has 0 spiro atoms. The lowest BCUT2D eigenvalue weighted by Gasteiger charge is -2.43. The van der Waals surface area contributed by atoms with E-state index in [1.165, 1.54) is 12.1 Å². The summed E-state index contributed by atoms with van der Waals surface area (Å²) in [4.78, 5) is 19.3. The van der Waals surface area contributed by atoms with Gasteiger partial charge >= 0.3 is 0 Å². The van der Waals surface area contributed by atoms with Crippen LogP contribution >= 0.6 is 0 Å². The highest BCUT2D eigenvalue weighted by atomic mass is 19.1. The summed E-state index contributed by atoms with van der Waals surface area (Å²) in [5.41, 5.74) is 7.13. The van der Waals surface area contributed by atoms with Gasteiger partial charge in [0, 0.05) is 57.1 Å². The lowest BCUT2D eigenvalue weighted by atomic mass is 10.0. The fourth-order valence-electron chi connectivity index (χ4n) is 4.05. The number of piperidine rings is 1. The van der Waals surface area contributed by atoms with Crippen LogP contribution in [0.5, 0.6) is 0 Å². The number of piperazine rings is 1. The van der Waals surface area contributed by atoms with E-state index in [9.17, 15) is 9.18 Å². The van der Waals surface area contributed by atoms with Gasteiger partial charge in [0.2, 0.25) is 0 Å². The molecule has 0 aliphatic carbocycles. The molecule has 2 fully saturated rings. The molecule has 1 amide bonds. The third-order valence-electron chi connectivity index (χ3n) is 5.53. The van der Waals surface area contributed by atoms with E-state index >= 15 is 0 Å². The minimum atomic E-state index is -0.205. The topological polar surface area (TPSA) is 81.5 Å². The van der Waals surface area contributed by atoms with Gasteiger partial charge in [-0.3, -0.25) is 14.8 Å². The number of H-pyrrole nitrogens is 1. The van der Waals surface area contributed by atoms with Gasteiger partial charge in [-0.15, -0.1) is 0 Å². The molecule has 3 N–H and O–H groups in total. The zero-order valence-electron chi connectivity index (χ0n) is 15.3. The summed E-state index contributed by atoms with van der Waals surface area (Å²) >= 11 is 0. The number of hydrogen-bond donors (Lipinski definition) is 2. The van der Waals surface area contributed by atoms with Gasteiger partial charge < -0.3 is 15.5 Å². The normalized spacial score (nSPS) is 21.4. The quantitative estimate of drug-likeness (QED) is 0.855. The molecule has 2 aliphatic rings. The lowest BCUT2D eigenvalue weighted by Crippen LogP contribution is -2.55. The van der Waals surface area contributed by atoms with Crippen molar-refractivity contribution in [1.29, 1.82) is 0 Å². The molecule has 1 unspecified atom stereocenters. The molecule has 8 heteroatoms. The second-order valence-electron chi connectivity index (χ2n) is 7.25. The van der Waals surface area contributed by atoms with E-state index in [0.717, 1.165) is 57.8 Å². The zero-order chi connectivity index (χ0) is 18.8. The minimum Gasteiger partial charge on any atom is -0.382 e. The van der Waals surface area contributed by atoms with Gasteiger partial charge in [0.25, 0.3) is 5.91 Å². The predicted molar refractivity (Wildman–Crippen MR) is 102 cm³/mol. The van der Waals surface area contributed by atoms with E-state index in [1.54, 1.807) is 6.07 Å². The number of carbonyl (C=O) groups excluding carboxylic acids is 1. The maximum atomic E-state index is 13.1. The monoisotopic (exact) mass is 372 g/mol. The Balaban J connectivity index is 1.34. The molecule has 27 heavy (non-hydrogen) atoms. The van der Waals surface area contributed by atoms with E-state index < -0.39 is 0 Å². The smallest absolute Gasteiger partial charge is 0.271 e. The number of aromatic amines is 1. The van der Waals surface area contributed by atoms with Crippen molar-refractivity contribution in [3.8, 4) is 0 Å². The number of rotatable bonds is 3. The highest BCUT2D eigenvalue weighted by Crippen LogP contribution is 2.22. The standard InChI is InChI=1S/C19H25FN6O/c20-14-3-5-15(6-4-14)24-8-10-25(11-9-24)16-2-1-7-26(13-16)19(27)17-12-18(21)23-22-17/h3-6,12,16H,1-2,7-11,13H2,(H3,21,22,23). The molecule has 3 heterocycles. The molecule has 1 aromatic heterocycles. The highest BCUT2D eigenvalue weighted by Gasteiger charge is 2.30. The first-order valence-corrected chi connectivity index (χ1v) is 9.45. The van der Waals surface area contributed by atoms with E-state index in [1.807, 2.05) is 17.0 Å². The second kappa shape index (κ2) is 7.56. The molecule has 4 rings (SSSR count). The fourth-order valence-corrected chi connectivity index (χ4v) is 4.05. The van der Waals surface area contributed by atoms with E-state index in [2.05, 4.69) is 20.0 Å². The maximum Gasteiger partial charge on any atom is 0.271 e. The number of nitrogen functional groups attached to an aromatic ring is 1. The van der Waals surface area contributed by atoms with Crippen LogP contribution in [0.2, 0.25) is 0 Å². The number of nitrogens with two attached hydrogens (primary N) is 1. The van der Waals surface area contributed by atoms with Crippen molar-refractivity contribution in [3.63, 3.8) is 0 Å². The van der Waals surface area contributed by atoms with Crippen molar-refractivity contribution in [1.82, 2.24) is 20.0 Å². The highest BCUT2D eigenvalue weighted by molar-refractivity contribution is 5.93. The van der Waals surface area contributed by atoms with Crippen LogP contribution in [0.15, 0.2) is 30.3 Å². The molecule has 0 saturated carbocycles. The largest absolute Gasteiger partial charge is 0.382 e. The van der Waals surface area contributed by atoms with Crippen molar-refractivity contribution in [2.75, 3.05) is 49.9 Å².